The van der Waals surface area contributed by atoms with Gasteiger partial charge in [-0.1, -0.05) is 18.2 Å². The number of tetrazole rings is 1. The standard InChI is InChI=1S/C25H28N8O3/c1-16-8-19-10-18(3-4-21(19)25(35)36-16)22-14-31-6-7-32(13-20(31)12-26-22)24(34)9-17-2-5-23(27-11-17)33-15-28-29-30-33/h2-5,10-11,15-16,20,22,26H,6-9,12-14H2,1H3. The van der Waals surface area contributed by atoms with E-state index in [0.29, 0.717) is 30.9 Å². The number of hydrogen-bond donors (Lipinski definition) is 1. The number of pyridine rings is 1. The molecule has 3 aromatic rings. The summed E-state index contributed by atoms with van der Waals surface area (Å²) in [4.78, 5) is 34.0. The summed E-state index contributed by atoms with van der Waals surface area (Å²) in [6.07, 6.45) is 4.17. The minimum atomic E-state index is -0.230. The Morgan fingerprint density at radius 3 is 2.92 bits per heavy atom. The van der Waals surface area contributed by atoms with Gasteiger partial charge in [0.1, 0.15) is 12.4 Å². The number of cyclic esters (lactones) is 1. The highest BCUT2D eigenvalue weighted by molar-refractivity contribution is 5.92. The van der Waals surface area contributed by atoms with Crippen LogP contribution < -0.4 is 5.32 Å². The summed E-state index contributed by atoms with van der Waals surface area (Å²) in [5.74, 6) is 0.498. The molecule has 11 nitrogen and oxygen atoms in total. The lowest BCUT2D eigenvalue weighted by molar-refractivity contribution is -0.134. The van der Waals surface area contributed by atoms with Gasteiger partial charge < -0.3 is 15.0 Å². The lowest BCUT2D eigenvalue weighted by Gasteiger charge is -2.47. The fraction of sp³-hybridized carbons (Fsp3) is 0.440. The van der Waals surface area contributed by atoms with E-state index in [0.717, 1.165) is 37.2 Å². The van der Waals surface area contributed by atoms with Crippen molar-refractivity contribution in [2.45, 2.75) is 38.0 Å². The number of nitrogens with one attached hydrogen (secondary N) is 1. The third-order valence-corrected chi connectivity index (χ3v) is 7.29. The molecular weight excluding hydrogens is 460 g/mol. The molecule has 186 valence electrons. The van der Waals surface area contributed by atoms with Crippen LogP contribution in [0.4, 0.5) is 0 Å². The van der Waals surface area contributed by atoms with E-state index in [1.54, 1.807) is 6.20 Å². The molecule has 6 rings (SSSR count). The molecule has 11 heteroatoms. The maximum absolute atomic E-state index is 13.0. The normalized spacial score (nSPS) is 24.1. The van der Waals surface area contributed by atoms with Crippen LogP contribution in [0.2, 0.25) is 0 Å². The van der Waals surface area contributed by atoms with Crippen LogP contribution in [0, 0.1) is 0 Å². The van der Waals surface area contributed by atoms with Crippen LogP contribution in [0.5, 0.6) is 0 Å². The molecule has 0 saturated carbocycles. The van der Waals surface area contributed by atoms with Crippen molar-refractivity contribution in [2.75, 3.05) is 32.7 Å². The fourth-order valence-electron chi connectivity index (χ4n) is 5.36. The minimum Gasteiger partial charge on any atom is -0.459 e. The van der Waals surface area contributed by atoms with Crippen molar-refractivity contribution in [2.24, 2.45) is 0 Å². The van der Waals surface area contributed by atoms with Crippen LogP contribution in [-0.2, 0) is 22.4 Å². The van der Waals surface area contributed by atoms with Gasteiger partial charge in [-0.3, -0.25) is 9.69 Å². The largest absolute Gasteiger partial charge is 0.459 e. The molecule has 1 amide bonds. The number of fused-ring (bicyclic) bond motifs is 2. The summed E-state index contributed by atoms with van der Waals surface area (Å²) < 4.78 is 6.83. The molecule has 0 spiro atoms. The quantitative estimate of drug-likeness (QED) is 0.526. The number of carbonyl (C=O) groups excluding carboxylic acids is 2. The highest BCUT2D eigenvalue weighted by Gasteiger charge is 2.35. The minimum absolute atomic E-state index is 0.0886. The SMILES string of the molecule is CC1Cc2cc(C3CN4CCN(C(=O)Cc5ccc(-n6cnnn6)nc5)CC4CN3)ccc2C(=O)O1. The van der Waals surface area contributed by atoms with Crippen molar-refractivity contribution in [1.29, 1.82) is 0 Å². The highest BCUT2D eigenvalue weighted by atomic mass is 16.5. The van der Waals surface area contributed by atoms with E-state index in [4.69, 9.17) is 4.74 Å². The first-order chi connectivity index (χ1) is 17.5. The number of amides is 1. The molecule has 1 aromatic carbocycles. The van der Waals surface area contributed by atoms with Crippen LogP contribution in [0.15, 0.2) is 42.9 Å². The second-order valence-electron chi connectivity index (χ2n) is 9.74. The monoisotopic (exact) mass is 488 g/mol. The van der Waals surface area contributed by atoms with Gasteiger partial charge in [0.15, 0.2) is 5.82 Å². The first kappa shape index (κ1) is 22.7. The third kappa shape index (κ3) is 4.47. The Labute approximate surface area is 208 Å². The maximum Gasteiger partial charge on any atom is 0.338 e. The first-order valence-corrected chi connectivity index (χ1v) is 12.3. The average molecular weight is 489 g/mol. The predicted octanol–water partition coefficient (Wildman–Crippen LogP) is 0.559. The molecule has 2 saturated heterocycles. The van der Waals surface area contributed by atoms with Crippen molar-refractivity contribution in [3.63, 3.8) is 0 Å². The number of esters is 1. The number of rotatable bonds is 4. The number of piperazine rings is 2. The van der Waals surface area contributed by atoms with Crippen molar-refractivity contribution in [1.82, 2.24) is 40.3 Å². The fourth-order valence-corrected chi connectivity index (χ4v) is 5.36. The lowest BCUT2D eigenvalue weighted by Crippen LogP contribution is -2.62. The van der Waals surface area contributed by atoms with Gasteiger partial charge in [0.05, 0.1) is 12.0 Å². The van der Waals surface area contributed by atoms with Gasteiger partial charge in [-0.15, -0.1) is 5.10 Å². The number of aromatic nitrogens is 5. The zero-order chi connectivity index (χ0) is 24.6. The summed E-state index contributed by atoms with van der Waals surface area (Å²) in [7, 11) is 0. The zero-order valence-electron chi connectivity index (χ0n) is 20.1. The zero-order valence-corrected chi connectivity index (χ0v) is 20.1. The van der Waals surface area contributed by atoms with E-state index in [2.05, 4.69) is 36.8 Å². The van der Waals surface area contributed by atoms with Crippen molar-refractivity contribution in [3.05, 3.63) is 65.1 Å². The Hall–Kier alpha value is -3.70. The third-order valence-electron chi connectivity index (χ3n) is 7.29. The van der Waals surface area contributed by atoms with Gasteiger partial charge in [-0.25, -0.2) is 9.78 Å². The molecule has 2 aromatic heterocycles. The Kier molecular flexibility index (Phi) is 5.94. The number of carbonyl (C=O) groups is 2. The van der Waals surface area contributed by atoms with Gasteiger partial charge in [0, 0.05) is 57.4 Å². The number of benzene rings is 1. The van der Waals surface area contributed by atoms with E-state index in [-0.39, 0.29) is 30.1 Å². The second-order valence-corrected chi connectivity index (χ2v) is 9.74. The van der Waals surface area contributed by atoms with Crippen LogP contribution >= 0.6 is 0 Å². The molecule has 2 fully saturated rings. The summed E-state index contributed by atoms with van der Waals surface area (Å²) >= 11 is 0. The van der Waals surface area contributed by atoms with E-state index in [9.17, 15) is 9.59 Å². The Balaban J connectivity index is 1.05. The van der Waals surface area contributed by atoms with Crippen LogP contribution in [-0.4, -0.2) is 91.7 Å². The molecule has 1 N–H and O–H groups in total. The van der Waals surface area contributed by atoms with Crippen molar-refractivity contribution >= 4 is 11.9 Å². The molecule has 3 aliphatic heterocycles. The lowest BCUT2D eigenvalue weighted by atomic mass is 9.93. The average Bonchev–Trinajstić information content (AvgIpc) is 3.43. The molecule has 0 bridgehead atoms. The molecular formula is C25H28N8O3. The Bertz CT molecular complexity index is 1260. The van der Waals surface area contributed by atoms with Gasteiger partial charge in [0.25, 0.3) is 0 Å². The highest BCUT2D eigenvalue weighted by Crippen LogP contribution is 2.27. The molecule has 3 unspecified atom stereocenters. The van der Waals surface area contributed by atoms with E-state index in [1.807, 2.05) is 36.1 Å². The van der Waals surface area contributed by atoms with E-state index < -0.39 is 0 Å². The summed E-state index contributed by atoms with van der Waals surface area (Å²) in [5.41, 5.74) is 3.81. The molecule has 3 atom stereocenters. The predicted molar refractivity (Wildman–Crippen MR) is 128 cm³/mol. The first-order valence-electron chi connectivity index (χ1n) is 12.3. The Morgan fingerprint density at radius 1 is 1.19 bits per heavy atom. The van der Waals surface area contributed by atoms with Gasteiger partial charge >= 0.3 is 5.97 Å². The molecule has 0 radical (unpaired) electrons. The molecule has 3 aliphatic rings. The number of ether oxygens (including phenoxy) is 1. The van der Waals surface area contributed by atoms with Crippen LogP contribution in [0.25, 0.3) is 5.82 Å². The maximum atomic E-state index is 13.0. The van der Waals surface area contributed by atoms with Crippen LogP contribution in [0.3, 0.4) is 0 Å². The number of hydrogen-bond acceptors (Lipinski definition) is 9. The van der Waals surface area contributed by atoms with Crippen molar-refractivity contribution in [3.8, 4) is 5.82 Å². The summed E-state index contributed by atoms with van der Waals surface area (Å²) in [6, 6.07) is 10.3. The smallest absolute Gasteiger partial charge is 0.338 e. The van der Waals surface area contributed by atoms with Gasteiger partial charge in [0.2, 0.25) is 5.91 Å². The van der Waals surface area contributed by atoms with Gasteiger partial charge in [-0.05, 0) is 46.2 Å². The number of nitrogens with zero attached hydrogens (tertiary/aromatic N) is 7. The topological polar surface area (TPSA) is 118 Å². The van der Waals surface area contributed by atoms with E-state index in [1.165, 1.54) is 16.6 Å². The van der Waals surface area contributed by atoms with Crippen LogP contribution in [0.1, 0.15) is 40.0 Å². The van der Waals surface area contributed by atoms with E-state index >= 15 is 0 Å². The summed E-state index contributed by atoms with van der Waals surface area (Å²) in [5, 5.41) is 14.7. The summed E-state index contributed by atoms with van der Waals surface area (Å²) in [6.45, 7) is 5.90. The van der Waals surface area contributed by atoms with Crippen molar-refractivity contribution < 1.29 is 14.3 Å². The molecule has 5 heterocycles. The Morgan fingerprint density at radius 2 is 2.11 bits per heavy atom. The van der Waals surface area contributed by atoms with Gasteiger partial charge in [-0.2, -0.15) is 4.68 Å². The molecule has 36 heavy (non-hydrogen) atoms. The second kappa shape index (κ2) is 9.40. The molecule has 0 aliphatic carbocycles.